The Bertz CT molecular complexity index is 231. The quantitative estimate of drug-likeness (QED) is 0.643. The maximum absolute atomic E-state index is 11.6. The van der Waals surface area contributed by atoms with Crippen molar-refractivity contribution in [2.24, 2.45) is 0 Å². The summed E-state index contributed by atoms with van der Waals surface area (Å²) >= 11 is 0. The molecule has 0 aromatic rings. The van der Waals surface area contributed by atoms with Gasteiger partial charge >= 0.3 is 0 Å². The Kier molecular flexibility index (Phi) is 8.06. The third-order valence-corrected chi connectivity index (χ3v) is 3.78. The molecular weight excluding hydrogens is 226 g/mol. The van der Waals surface area contributed by atoms with Crippen LogP contribution in [-0.2, 0) is 4.79 Å². The van der Waals surface area contributed by atoms with E-state index in [0.29, 0.717) is 6.42 Å². The predicted octanol–water partition coefficient (Wildman–Crippen LogP) is 3.11. The summed E-state index contributed by atoms with van der Waals surface area (Å²) in [7, 11) is 0. The summed E-state index contributed by atoms with van der Waals surface area (Å²) in [6.07, 6.45) is 11.2. The number of unbranched alkanes of at least 4 members (excludes halogenated alkanes) is 7. The van der Waals surface area contributed by atoms with Gasteiger partial charge in [-0.25, -0.2) is 0 Å². The average Bonchev–Trinajstić information content (AvgIpc) is 2.37. The lowest BCUT2D eigenvalue weighted by molar-refractivity contribution is -0.143. The summed E-state index contributed by atoms with van der Waals surface area (Å²) in [6.45, 7) is 3.92. The smallest absolute Gasteiger partial charge is 0.251 e. The molecule has 1 saturated heterocycles. The number of aliphatic hydroxyl groups excluding tert-OH is 1. The van der Waals surface area contributed by atoms with Gasteiger partial charge in [0.25, 0.3) is 5.91 Å². The van der Waals surface area contributed by atoms with Gasteiger partial charge in [0.1, 0.15) is 6.10 Å². The van der Waals surface area contributed by atoms with E-state index < -0.39 is 6.10 Å². The highest BCUT2D eigenvalue weighted by Crippen LogP contribution is 2.13. The highest BCUT2D eigenvalue weighted by Gasteiger charge is 2.25. The number of amides is 1. The first kappa shape index (κ1) is 15.5. The van der Waals surface area contributed by atoms with E-state index in [1.165, 1.54) is 44.9 Å². The normalized spacial score (nSPS) is 20.4. The van der Waals surface area contributed by atoms with Crippen LogP contribution in [0.5, 0.6) is 0 Å². The van der Waals surface area contributed by atoms with E-state index in [9.17, 15) is 9.90 Å². The van der Waals surface area contributed by atoms with Crippen molar-refractivity contribution in [1.82, 2.24) is 4.90 Å². The predicted molar refractivity (Wildman–Crippen MR) is 74.4 cm³/mol. The topological polar surface area (TPSA) is 40.5 Å². The maximum Gasteiger partial charge on any atom is 0.251 e. The molecule has 18 heavy (non-hydrogen) atoms. The van der Waals surface area contributed by atoms with Crippen LogP contribution in [0.2, 0.25) is 0 Å². The van der Waals surface area contributed by atoms with Crippen molar-refractivity contribution in [1.29, 1.82) is 0 Å². The summed E-state index contributed by atoms with van der Waals surface area (Å²) in [5, 5.41) is 9.48. The molecule has 1 heterocycles. The van der Waals surface area contributed by atoms with E-state index in [0.717, 1.165) is 25.9 Å². The number of aliphatic hydroxyl groups is 1. The van der Waals surface area contributed by atoms with Crippen LogP contribution in [0, 0.1) is 0 Å². The van der Waals surface area contributed by atoms with Crippen LogP contribution in [-0.4, -0.2) is 35.1 Å². The molecule has 1 unspecified atom stereocenters. The molecule has 0 radical (unpaired) electrons. The molecule has 0 aromatic carbocycles. The number of rotatable bonds is 9. The molecule has 0 aromatic heterocycles. The molecule has 0 saturated carbocycles. The van der Waals surface area contributed by atoms with Crippen LogP contribution in [0.15, 0.2) is 0 Å². The lowest BCUT2D eigenvalue weighted by atomic mass is 10.1. The molecule has 1 fully saturated rings. The lowest BCUT2D eigenvalue weighted by Crippen LogP contribution is -2.44. The van der Waals surface area contributed by atoms with Crippen LogP contribution >= 0.6 is 0 Å². The minimum absolute atomic E-state index is 0.0517. The van der Waals surface area contributed by atoms with Crippen molar-refractivity contribution in [3.8, 4) is 0 Å². The Morgan fingerprint density at radius 3 is 2.39 bits per heavy atom. The van der Waals surface area contributed by atoms with E-state index >= 15 is 0 Å². The van der Waals surface area contributed by atoms with Crippen molar-refractivity contribution in [3.63, 3.8) is 0 Å². The Hall–Kier alpha value is -0.570. The van der Waals surface area contributed by atoms with Crippen molar-refractivity contribution in [2.75, 3.05) is 13.1 Å². The van der Waals surface area contributed by atoms with Crippen LogP contribution in [0.25, 0.3) is 0 Å². The van der Waals surface area contributed by atoms with Gasteiger partial charge in [0, 0.05) is 13.1 Å². The van der Waals surface area contributed by atoms with Gasteiger partial charge in [0.15, 0.2) is 0 Å². The van der Waals surface area contributed by atoms with Crippen molar-refractivity contribution >= 4 is 5.91 Å². The van der Waals surface area contributed by atoms with E-state index in [2.05, 4.69) is 6.92 Å². The SMILES string of the molecule is CCCCCCCCCCN1CCCC(O)C1=O. The monoisotopic (exact) mass is 255 g/mol. The molecule has 3 nitrogen and oxygen atoms in total. The van der Waals surface area contributed by atoms with Crippen LogP contribution in [0.4, 0.5) is 0 Å². The average molecular weight is 255 g/mol. The first-order chi connectivity index (χ1) is 8.75. The number of likely N-dealkylation sites (tertiary alicyclic amines) is 1. The fraction of sp³-hybridized carbons (Fsp3) is 0.933. The minimum Gasteiger partial charge on any atom is -0.383 e. The summed E-state index contributed by atoms with van der Waals surface area (Å²) in [4.78, 5) is 13.5. The molecule has 1 amide bonds. The Morgan fingerprint density at radius 2 is 1.72 bits per heavy atom. The first-order valence-electron chi connectivity index (χ1n) is 7.72. The van der Waals surface area contributed by atoms with Gasteiger partial charge < -0.3 is 10.0 Å². The standard InChI is InChI=1S/C15H29NO2/c1-2-3-4-5-6-7-8-9-12-16-13-10-11-14(17)15(16)18/h14,17H,2-13H2,1H3. The molecule has 1 aliphatic heterocycles. The highest BCUT2D eigenvalue weighted by molar-refractivity contribution is 5.81. The molecule has 0 bridgehead atoms. The third kappa shape index (κ3) is 5.85. The summed E-state index contributed by atoms with van der Waals surface area (Å²) < 4.78 is 0. The first-order valence-corrected chi connectivity index (χ1v) is 7.72. The second kappa shape index (κ2) is 9.37. The highest BCUT2D eigenvalue weighted by atomic mass is 16.3. The van der Waals surface area contributed by atoms with E-state index in [1.807, 2.05) is 4.90 Å². The van der Waals surface area contributed by atoms with Crippen molar-refractivity contribution in [2.45, 2.75) is 77.2 Å². The minimum atomic E-state index is -0.729. The molecule has 106 valence electrons. The van der Waals surface area contributed by atoms with Gasteiger partial charge in [-0.2, -0.15) is 0 Å². The number of carbonyl (C=O) groups excluding carboxylic acids is 1. The van der Waals surface area contributed by atoms with Gasteiger partial charge in [-0.15, -0.1) is 0 Å². The number of piperidine rings is 1. The molecule has 0 aliphatic carbocycles. The molecule has 3 heteroatoms. The summed E-state index contributed by atoms with van der Waals surface area (Å²) in [5.41, 5.74) is 0. The maximum atomic E-state index is 11.6. The second-order valence-corrected chi connectivity index (χ2v) is 5.46. The van der Waals surface area contributed by atoms with Gasteiger partial charge in [0.2, 0.25) is 0 Å². The zero-order valence-corrected chi connectivity index (χ0v) is 11.9. The molecular formula is C15H29NO2. The van der Waals surface area contributed by atoms with E-state index in [4.69, 9.17) is 0 Å². The fourth-order valence-corrected chi connectivity index (χ4v) is 2.58. The fourth-order valence-electron chi connectivity index (χ4n) is 2.58. The molecule has 1 rings (SSSR count). The van der Waals surface area contributed by atoms with E-state index in [1.54, 1.807) is 0 Å². The lowest BCUT2D eigenvalue weighted by Gasteiger charge is -2.29. The van der Waals surface area contributed by atoms with Crippen molar-refractivity contribution < 1.29 is 9.90 Å². The zero-order chi connectivity index (χ0) is 13.2. The van der Waals surface area contributed by atoms with Crippen LogP contribution in [0.3, 0.4) is 0 Å². The zero-order valence-electron chi connectivity index (χ0n) is 11.9. The van der Waals surface area contributed by atoms with Gasteiger partial charge in [0.05, 0.1) is 0 Å². The molecule has 0 spiro atoms. The van der Waals surface area contributed by atoms with Gasteiger partial charge in [-0.1, -0.05) is 51.9 Å². The second-order valence-electron chi connectivity index (χ2n) is 5.46. The van der Waals surface area contributed by atoms with Crippen LogP contribution in [0.1, 0.15) is 71.1 Å². The third-order valence-electron chi connectivity index (χ3n) is 3.78. The number of hydrogen-bond acceptors (Lipinski definition) is 2. The Labute approximate surface area is 112 Å². The van der Waals surface area contributed by atoms with Gasteiger partial charge in [-0.3, -0.25) is 4.79 Å². The summed E-state index contributed by atoms with van der Waals surface area (Å²) in [5.74, 6) is -0.0517. The van der Waals surface area contributed by atoms with Crippen LogP contribution < -0.4 is 0 Å². The van der Waals surface area contributed by atoms with Crippen molar-refractivity contribution in [3.05, 3.63) is 0 Å². The van der Waals surface area contributed by atoms with Gasteiger partial charge in [-0.05, 0) is 19.3 Å². The molecule has 1 atom stereocenters. The summed E-state index contributed by atoms with van der Waals surface area (Å²) in [6, 6.07) is 0. The number of hydrogen-bond donors (Lipinski definition) is 1. The Balaban J connectivity index is 1.95. The number of nitrogens with zero attached hydrogens (tertiary/aromatic N) is 1. The molecule has 1 aliphatic rings. The number of carbonyl (C=O) groups is 1. The largest absolute Gasteiger partial charge is 0.383 e. The molecule has 1 N–H and O–H groups in total. The Morgan fingerprint density at radius 1 is 1.11 bits per heavy atom. The van der Waals surface area contributed by atoms with E-state index in [-0.39, 0.29) is 5.91 Å².